The molecule has 0 atom stereocenters. The average Bonchev–Trinajstić information content (AvgIpc) is 3.35. The summed E-state index contributed by atoms with van der Waals surface area (Å²) in [7, 11) is 0. The summed E-state index contributed by atoms with van der Waals surface area (Å²) in [6.45, 7) is 7.25. The van der Waals surface area contributed by atoms with E-state index in [0.717, 1.165) is 12.7 Å². The summed E-state index contributed by atoms with van der Waals surface area (Å²) in [4.78, 5) is 23.2. The van der Waals surface area contributed by atoms with Crippen LogP contribution in [0.4, 0.5) is 0 Å². The lowest BCUT2D eigenvalue weighted by atomic mass is 9.79. The summed E-state index contributed by atoms with van der Waals surface area (Å²) in [5.74, 6) is 0.498. The summed E-state index contributed by atoms with van der Waals surface area (Å²) in [6.07, 6.45) is 6.51. The molecule has 1 amide bonds. The Balaban J connectivity index is 2.04. The molecule has 0 bridgehead atoms. The maximum Gasteiger partial charge on any atom is 0.252 e. The van der Waals surface area contributed by atoms with Gasteiger partial charge in [0.1, 0.15) is 0 Å². The van der Waals surface area contributed by atoms with Crippen molar-refractivity contribution >= 4 is 12.2 Å². The fourth-order valence-electron chi connectivity index (χ4n) is 2.75. The van der Waals surface area contributed by atoms with Crippen molar-refractivity contribution in [3.8, 4) is 0 Å². The molecule has 22 heavy (non-hydrogen) atoms. The van der Waals surface area contributed by atoms with Gasteiger partial charge in [-0.2, -0.15) is 0 Å². The van der Waals surface area contributed by atoms with Crippen molar-refractivity contribution < 1.29 is 9.59 Å². The Bertz CT molecular complexity index is 583. The molecule has 118 valence electrons. The standard InChI is InChI=1S/C19H25NO2/c1-4-19(2,3)17(14-9-10-14)11-12-20-18(22)16-8-6-5-7-15(16)13-21/h5-8,11,13-14H,4,9-10,12H2,1-3H3,(H,20,22)/b17-11+. The minimum Gasteiger partial charge on any atom is -0.349 e. The number of amides is 1. The van der Waals surface area contributed by atoms with Gasteiger partial charge in [0, 0.05) is 17.7 Å². The highest BCUT2D eigenvalue weighted by atomic mass is 16.1. The first-order chi connectivity index (χ1) is 10.5. The van der Waals surface area contributed by atoms with Gasteiger partial charge in [-0.1, -0.05) is 50.6 Å². The van der Waals surface area contributed by atoms with E-state index in [2.05, 4.69) is 32.2 Å². The van der Waals surface area contributed by atoms with Gasteiger partial charge in [-0.25, -0.2) is 0 Å². The number of nitrogens with one attached hydrogen (secondary N) is 1. The molecule has 1 saturated carbocycles. The minimum absolute atomic E-state index is 0.187. The summed E-state index contributed by atoms with van der Waals surface area (Å²) >= 11 is 0. The van der Waals surface area contributed by atoms with Crippen LogP contribution in [-0.4, -0.2) is 18.7 Å². The molecule has 1 N–H and O–H groups in total. The van der Waals surface area contributed by atoms with Crippen LogP contribution in [-0.2, 0) is 0 Å². The van der Waals surface area contributed by atoms with Crippen LogP contribution in [0.2, 0.25) is 0 Å². The first-order valence-electron chi connectivity index (χ1n) is 8.02. The number of aldehydes is 1. The van der Waals surface area contributed by atoms with E-state index >= 15 is 0 Å². The molecule has 1 aromatic rings. The molecule has 0 heterocycles. The lowest BCUT2D eigenvalue weighted by Gasteiger charge is -2.27. The smallest absolute Gasteiger partial charge is 0.252 e. The van der Waals surface area contributed by atoms with Crippen molar-refractivity contribution in [2.45, 2.75) is 40.0 Å². The van der Waals surface area contributed by atoms with Gasteiger partial charge < -0.3 is 5.32 Å². The second-order valence-electron chi connectivity index (χ2n) is 6.59. The Morgan fingerprint density at radius 3 is 2.59 bits per heavy atom. The quantitative estimate of drug-likeness (QED) is 0.611. The Hall–Kier alpha value is -1.90. The van der Waals surface area contributed by atoms with Crippen LogP contribution in [0.5, 0.6) is 0 Å². The molecular weight excluding hydrogens is 274 g/mol. The minimum atomic E-state index is -0.191. The van der Waals surface area contributed by atoms with Crippen molar-refractivity contribution in [2.75, 3.05) is 6.54 Å². The zero-order valence-corrected chi connectivity index (χ0v) is 13.7. The van der Waals surface area contributed by atoms with Gasteiger partial charge in [0.15, 0.2) is 6.29 Å². The Morgan fingerprint density at radius 2 is 2.00 bits per heavy atom. The van der Waals surface area contributed by atoms with Gasteiger partial charge in [-0.05, 0) is 36.7 Å². The van der Waals surface area contributed by atoms with E-state index in [1.165, 1.54) is 18.4 Å². The van der Waals surface area contributed by atoms with Crippen LogP contribution < -0.4 is 5.32 Å². The number of hydrogen-bond acceptors (Lipinski definition) is 2. The number of benzene rings is 1. The largest absolute Gasteiger partial charge is 0.349 e. The summed E-state index contributed by atoms with van der Waals surface area (Å²) < 4.78 is 0. The molecule has 3 nitrogen and oxygen atoms in total. The van der Waals surface area contributed by atoms with E-state index in [-0.39, 0.29) is 11.3 Å². The predicted octanol–water partition coefficient (Wildman–Crippen LogP) is 4.00. The molecule has 0 spiro atoms. The number of carbonyl (C=O) groups excluding carboxylic acids is 2. The number of rotatable bonds is 7. The number of carbonyl (C=O) groups is 2. The molecule has 2 rings (SSSR count). The number of hydrogen-bond donors (Lipinski definition) is 1. The van der Waals surface area contributed by atoms with Crippen molar-refractivity contribution in [3.05, 3.63) is 47.0 Å². The van der Waals surface area contributed by atoms with Crippen LogP contribution in [0.15, 0.2) is 35.9 Å². The fourth-order valence-corrected chi connectivity index (χ4v) is 2.75. The maximum atomic E-state index is 12.2. The Morgan fingerprint density at radius 1 is 1.32 bits per heavy atom. The van der Waals surface area contributed by atoms with Gasteiger partial charge in [-0.3, -0.25) is 9.59 Å². The zero-order valence-electron chi connectivity index (χ0n) is 13.7. The van der Waals surface area contributed by atoms with E-state index in [0.29, 0.717) is 23.6 Å². The first kappa shape index (κ1) is 16.5. The molecule has 0 saturated heterocycles. The molecule has 1 aliphatic carbocycles. The van der Waals surface area contributed by atoms with Crippen LogP contribution in [0.25, 0.3) is 0 Å². The normalized spacial score (nSPS) is 15.5. The summed E-state index contributed by atoms with van der Waals surface area (Å²) in [6, 6.07) is 6.87. The van der Waals surface area contributed by atoms with Gasteiger partial charge >= 0.3 is 0 Å². The molecule has 0 aliphatic heterocycles. The molecule has 3 heteroatoms. The topological polar surface area (TPSA) is 46.2 Å². The third-order valence-corrected chi connectivity index (χ3v) is 4.60. The van der Waals surface area contributed by atoms with E-state index in [9.17, 15) is 9.59 Å². The van der Waals surface area contributed by atoms with Crippen molar-refractivity contribution in [3.63, 3.8) is 0 Å². The molecule has 1 aromatic carbocycles. The third kappa shape index (κ3) is 3.85. The lowest BCUT2D eigenvalue weighted by molar-refractivity contribution is 0.0952. The Labute approximate surface area is 132 Å². The average molecular weight is 299 g/mol. The van der Waals surface area contributed by atoms with Gasteiger partial charge in [0.2, 0.25) is 0 Å². The van der Waals surface area contributed by atoms with Crippen molar-refractivity contribution in [1.82, 2.24) is 5.32 Å². The van der Waals surface area contributed by atoms with Crippen LogP contribution in [0.1, 0.15) is 60.7 Å². The summed E-state index contributed by atoms with van der Waals surface area (Å²) in [5.41, 5.74) is 2.51. The summed E-state index contributed by atoms with van der Waals surface area (Å²) in [5, 5.41) is 2.91. The predicted molar refractivity (Wildman–Crippen MR) is 89.0 cm³/mol. The lowest BCUT2D eigenvalue weighted by Crippen LogP contribution is -2.26. The second kappa shape index (κ2) is 6.91. The molecule has 1 fully saturated rings. The zero-order chi connectivity index (χ0) is 16.2. The molecule has 0 unspecified atom stereocenters. The SMILES string of the molecule is CCC(C)(C)/C(=C/CNC(=O)c1ccccc1C=O)C1CC1. The molecule has 0 radical (unpaired) electrons. The van der Waals surface area contributed by atoms with Gasteiger partial charge in [0.05, 0.1) is 0 Å². The van der Waals surface area contributed by atoms with E-state index in [1.807, 2.05) is 0 Å². The van der Waals surface area contributed by atoms with Crippen molar-refractivity contribution in [2.24, 2.45) is 11.3 Å². The van der Waals surface area contributed by atoms with E-state index < -0.39 is 0 Å². The van der Waals surface area contributed by atoms with Crippen LogP contribution in [0.3, 0.4) is 0 Å². The highest BCUT2D eigenvalue weighted by Gasteiger charge is 2.34. The van der Waals surface area contributed by atoms with Gasteiger partial charge in [0.25, 0.3) is 5.91 Å². The molecule has 0 aromatic heterocycles. The van der Waals surface area contributed by atoms with Gasteiger partial charge in [-0.15, -0.1) is 0 Å². The highest BCUT2D eigenvalue weighted by molar-refractivity contribution is 6.01. The Kier molecular flexibility index (Phi) is 5.17. The monoisotopic (exact) mass is 299 g/mol. The molecular formula is C19H25NO2. The third-order valence-electron chi connectivity index (χ3n) is 4.60. The van der Waals surface area contributed by atoms with Crippen LogP contribution >= 0.6 is 0 Å². The first-order valence-corrected chi connectivity index (χ1v) is 8.02. The second-order valence-corrected chi connectivity index (χ2v) is 6.59. The maximum absolute atomic E-state index is 12.2. The van der Waals surface area contributed by atoms with Crippen LogP contribution in [0, 0.1) is 11.3 Å². The fraction of sp³-hybridized carbons (Fsp3) is 0.474. The highest BCUT2D eigenvalue weighted by Crippen LogP contribution is 2.46. The number of allylic oxidation sites excluding steroid dienone is 1. The van der Waals surface area contributed by atoms with E-state index in [1.54, 1.807) is 24.3 Å². The van der Waals surface area contributed by atoms with E-state index in [4.69, 9.17) is 0 Å². The van der Waals surface area contributed by atoms with Crippen molar-refractivity contribution in [1.29, 1.82) is 0 Å². The molecule has 1 aliphatic rings.